The molecule has 0 amide bonds. The van der Waals surface area contributed by atoms with Crippen molar-refractivity contribution in [3.63, 3.8) is 0 Å². The van der Waals surface area contributed by atoms with Gasteiger partial charge in [0, 0.05) is 35.3 Å². The van der Waals surface area contributed by atoms with Crippen LogP contribution in [0.25, 0.3) is 0 Å². The number of hydrogen-bond acceptors (Lipinski definition) is 6. The molecule has 7 nitrogen and oxygen atoms in total. The largest absolute Gasteiger partial charge is 0.362 e. The number of aryl methyl sites for hydroxylation is 2. The minimum atomic E-state index is -3.80. The third-order valence-corrected chi connectivity index (χ3v) is 6.17. The van der Waals surface area contributed by atoms with Gasteiger partial charge in [0.2, 0.25) is 0 Å². The van der Waals surface area contributed by atoms with E-state index in [0.717, 1.165) is 0 Å². The molecular formula is C21H18Cl2N4O3S. The molecule has 0 atom stereocenters. The van der Waals surface area contributed by atoms with Crippen LogP contribution in [0.3, 0.4) is 0 Å². The lowest BCUT2D eigenvalue weighted by Gasteiger charge is -2.09. The Bertz CT molecular complexity index is 1240. The Balaban J connectivity index is 1.65. The number of hydrogen-bond donors (Lipinski definition) is 2. The summed E-state index contributed by atoms with van der Waals surface area (Å²) >= 11 is 11.8. The second-order valence-electron chi connectivity index (χ2n) is 6.54. The molecule has 0 aliphatic heterocycles. The number of ketones is 1. The highest BCUT2D eigenvalue weighted by Crippen LogP contribution is 2.23. The van der Waals surface area contributed by atoms with Crippen molar-refractivity contribution in [2.75, 3.05) is 10.0 Å². The number of rotatable bonds is 7. The van der Waals surface area contributed by atoms with Crippen molar-refractivity contribution >= 4 is 50.5 Å². The predicted octanol–water partition coefficient (Wildman–Crippen LogP) is 5.01. The van der Waals surface area contributed by atoms with Crippen LogP contribution < -0.4 is 10.0 Å². The summed E-state index contributed by atoms with van der Waals surface area (Å²) in [7, 11) is -3.80. The molecule has 0 saturated heterocycles. The highest BCUT2D eigenvalue weighted by atomic mass is 35.5. The van der Waals surface area contributed by atoms with Crippen LogP contribution in [0.5, 0.6) is 0 Å². The Morgan fingerprint density at radius 2 is 1.68 bits per heavy atom. The standard InChI is InChI=1S/C21H18Cl2N4O3S/c1-13-11-21(26-14(2)25-13)27-31(29,30)17-6-4-16(5-7-17)24-10-9-20(28)15-3-8-18(22)19(23)12-15/h3-12,24H,1-2H3,(H,25,26,27)/b10-9-. The Labute approximate surface area is 190 Å². The van der Waals surface area contributed by atoms with Gasteiger partial charge in [0.05, 0.1) is 14.9 Å². The fourth-order valence-electron chi connectivity index (χ4n) is 2.66. The van der Waals surface area contributed by atoms with E-state index in [1.165, 1.54) is 30.5 Å². The number of aromatic nitrogens is 2. The summed E-state index contributed by atoms with van der Waals surface area (Å²) in [5.41, 5.74) is 1.66. The van der Waals surface area contributed by atoms with Gasteiger partial charge in [-0.15, -0.1) is 0 Å². The molecule has 0 spiro atoms. The molecule has 0 radical (unpaired) electrons. The molecule has 3 aromatic rings. The molecular weight excluding hydrogens is 459 g/mol. The van der Waals surface area contributed by atoms with Crippen molar-refractivity contribution in [1.29, 1.82) is 0 Å². The maximum atomic E-state index is 12.6. The van der Waals surface area contributed by atoms with Crippen LogP contribution in [0, 0.1) is 13.8 Å². The maximum absolute atomic E-state index is 12.6. The first-order valence-electron chi connectivity index (χ1n) is 9.02. The first-order chi connectivity index (χ1) is 14.6. The van der Waals surface area contributed by atoms with Crippen LogP contribution in [0.2, 0.25) is 10.0 Å². The van der Waals surface area contributed by atoms with Crippen LogP contribution >= 0.6 is 23.2 Å². The number of sulfonamides is 1. The molecule has 1 heterocycles. The summed E-state index contributed by atoms with van der Waals surface area (Å²) in [6.45, 7) is 3.44. The third kappa shape index (κ3) is 6.04. The van der Waals surface area contributed by atoms with E-state index in [0.29, 0.717) is 32.8 Å². The number of anilines is 2. The van der Waals surface area contributed by atoms with E-state index in [9.17, 15) is 13.2 Å². The van der Waals surface area contributed by atoms with Gasteiger partial charge in [-0.2, -0.15) is 0 Å². The molecule has 3 rings (SSSR count). The lowest BCUT2D eigenvalue weighted by molar-refractivity contribution is 0.104. The van der Waals surface area contributed by atoms with E-state index in [-0.39, 0.29) is 16.5 Å². The van der Waals surface area contributed by atoms with Crippen LogP contribution in [0.4, 0.5) is 11.5 Å². The zero-order valence-electron chi connectivity index (χ0n) is 16.6. The minimum Gasteiger partial charge on any atom is -0.362 e. The van der Waals surface area contributed by atoms with E-state index < -0.39 is 10.0 Å². The molecule has 160 valence electrons. The van der Waals surface area contributed by atoms with Crippen molar-refractivity contribution in [2.24, 2.45) is 0 Å². The quantitative estimate of drug-likeness (QED) is 0.367. The van der Waals surface area contributed by atoms with Gasteiger partial charge in [0.15, 0.2) is 5.78 Å². The second kappa shape index (κ2) is 9.47. The molecule has 0 aliphatic carbocycles. The van der Waals surface area contributed by atoms with Crippen LogP contribution in [-0.4, -0.2) is 24.2 Å². The van der Waals surface area contributed by atoms with Crippen LogP contribution in [0.15, 0.2) is 65.7 Å². The molecule has 2 aromatic carbocycles. The van der Waals surface area contributed by atoms with Gasteiger partial charge in [0.25, 0.3) is 10.0 Å². The van der Waals surface area contributed by atoms with Gasteiger partial charge in [-0.05, 0) is 56.3 Å². The molecule has 0 fully saturated rings. The average Bonchev–Trinajstić information content (AvgIpc) is 2.69. The highest BCUT2D eigenvalue weighted by Gasteiger charge is 2.15. The summed E-state index contributed by atoms with van der Waals surface area (Å²) in [5, 5.41) is 3.59. The van der Waals surface area contributed by atoms with E-state index in [1.54, 1.807) is 44.2 Å². The molecule has 0 aliphatic rings. The van der Waals surface area contributed by atoms with E-state index in [1.807, 2.05) is 0 Å². The summed E-state index contributed by atoms with van der Waals surface area (Å²) in [5.74, 6) is 0.417. The van der Waals surface area contributed by atoms with Crippen LogP contribution in [0.1, 0.15) is 21.9 Å². The minimum absolute atomic E-state index is 0.0721. The summed E-state index contributed by atoms with van der Waals surface area (Å²) in [6.07, 6.45) is 2.80. The molecule has 0 unspecified atom stereocenters. The van der Waals surface area contributed by atoms with Gasteiger partial charge in [0.1, 0.15) is 11.6 Å². The van der Waals surface area contributed by atoms with Crippen molar-refractivity contribution in [3.8, 4) is 0 Å². The van der Waals surface area contributed by atoms with Crippen molar-refractivity contribution in [2.45, 2.75) is 18.7 Å². The number of carbonyl (C=O) groups excluding carboxylic acids is 1. The van der Waals surface area contributed by atoms with Crippen LogP contribution in [-0.2, 0) is 10.0 Å². The number of nitrogens with zero attached hydrogens (tertiary/aromatic N) is 2. The number of benzene rings is 2. The topological polar surface area (TPSA) is 101 Å². The first kappa shape index (κ1) is 22.7. The van der Waals surface area contributed by atoms with Gasteiger partial charge in [-0.25, -0.2) is 18.4 Å². The average molecular weight is 477 g/mol. The molecule has 2 N–H and O–H groups in total. The summed E-state index contributed by atoms with van der Waals surface area (Å²) < 4.78 is 27.6. The van der Waals surface area contributed by atoms with Gasteiger partial charge in [-0.1, -0.05) is 23.2 Å². The number of carbonyl (C=O) groups is 1. The number of nitrogens with one attached hydrogen (secondary N) is 2. The van der Waals surface area contributed by atoms with Crippen molar-refractivity contribution in [1.82, 2.24) is 9.97 Å². The summed E-state index contributed by atoms with van der Waals surface area (Å²) in [6, 6.07) is 12.2. The van der Waals surface area contributed by atoms with Gasteiger partial charge >= 0.3 is 0 Å². The second-order valence-corrected chi connectivity index (χ2v) is 9.04. The Kier molecular flexibility index (Phi) is 6.94. The zero-order valence-corrected chi connectivity index (χ0v) is 18.9. The van der Waals surface area contributed by atoms with Gasteiger partial charge in [-0.3, -0.25) is 9.52 Å². The lowest BCUT2D eigenvalue weighted by Crippen LogP contribution is -2.14. The third-order valence-electron chi connectivity index (χ3n) is 4.06. The first-order valence-corrected chi connectivity index (χ1v) is 11.3. The Morgan fingerprint density at radius 3 is 2.32 bits per heavy atom. The number of halogens is 2. The molecule has 0 saturated carbocycles. The van der Waals surface area contributed by atoms with Crippen molar-refractivity contribution < 1.29 is 13.2 Å². The van der Waals surface area contributed by atoms with E-state index in [4.69, 9.17) is 23.2 Å². The normalized spacial score (nSPS) is 11.5. The molecule has 10 heteroatoms. The SMILES string of the molecule is Cc1cc(NS(=O)(=O)c2ccc(N/C=C\C(=O)c3ccc(Cl)c(Cl)c3)cc2)nc(C)n1. The monoisotopic (exact) mass is 476 g/mol. The number of allylic oxidation sites excluding steroid dienone is 1. The molecule has 31 heavy (non-hydrogen) atoms. The predicted molar refractivity (Wildman–Crippen MR) is 122 cm³/mol. The van der Waals surface area contributed by atoms with Crippen molar-refractivity contribution in [3.05, 3.63) is 87.9 Å². The smallest absolute Gasteiger partial charge is 0.263 e. The van der Waals surface area contributed by atoms with Gasteiger partial charge < -0.3 is 5.32 Å². The Hall–Kier alpha value is -2.94. The molecule has 1 aromatic heterocycles. The summed E-state index contributed by atoms with van der Waals surface area (Å²) in [4.78, 5) is 20.5. The fraction of sp³-hybridized carbons (Fsp3) is 0.0952. The van der Waals surface area contributed by atoms with E-state index in [2.05, 4.69) is 20.0 Å². The van der Waals surface area contributed by atoms with E-state index >= 15 is 0 Å². The fourth-order valence-corrected chi connectivity index (χ4v) is 3.95. The zero-order chi connectivity index (χ0) is 22.6. The maximum Gasteiger partial charge on any atom is 0.263 e. The highest BCUT2D eigenvalue weighted by molar-refractivity contribution is 7.92. The lowest BCUT2D eigenvalue weighted by atomic mass is 10.1. The Morgan fingerprint density at radius 1 is 0.968 bits per heavy atom. The molecule has 0 bridgehead atoms.